The van der Waals surface area contributed by atoms with Crippen LogP contribution in [0.1, 0.15) is 69.2 Å². The molecule has 5 nitrogen and oxygen atoms in total. The molecule has 0 atom stereocenters. The Kier molecular flexibility index (Phi) is 7.09. The highest BCUT2D eigenvalue weighted by atomic mass is 16.2. The molecule has 132 valence electrons. The van der Waals surface area contributed by atoms with Crippen LogP contribution in [-0.4, -0.2) is 24.0 Å². The van der Waals surface area contributed by atoms with E-state index in [0.29, 0.717) is 11.3 Å². The standard InChI is InChI=1S/C19H29N3O2/c1-14(2)20-19(24)22-17-12-8-9-15(13-17)18(23)21-16-10-6-4-3-5-7-11-16/h8-9,12-14,16H,3-7,10-11H2,1-2H3,(H,21,23)(H2,20,22,24). The Balaban J connectivity index is 1.94. The third-order valence-corrected chi connectivity index (χ3v) is 4.24. The zero-order valence-corrected chi connectivity index (χ0v) is 14.7. The zero-order valence-electron chi connectivity index (χ0n) is 14.7. The van der Waals surface area contributed by atoms with Gasteiger partial charge in [-0.2, -0.15) is 0 Å². The number of carbonyl (C=O) groups excluding carboxylic acids is 2. The van der Waals surface area contributed by atoms with Crippen LogP contribution in [0.5, 0.6) is 0 Å². The minimum Gasteiger partial charge on any atom is -0.349 e. The first-order chi connectivity index (χ1) is 11.5. The maximum Gasteiger partial charge on any atom is 0.319 e. The molecular formula is C19H29N3O2. The number of hydrogen-bond donors (Lipinski definition) is 3. The van der Waals surface area contributed by atoms with Crippen LogP contribution in [0, 0.1) is 0 Å². The van der Waals surface area contributed by atoms with Crippen molar-refractivity contribution in [2.45, 2.75) is 70.9 Å². The van der Waals surface area contributed by atoms with E-state index in [9.17, 15) is 9.59 Å². The van der Waals surface area contributed by atoms with Gasteiger partial charge in [-0.3, -0.25) is 4.79 Å². The molecule has 1 aromatic rings. The second kappa shape index (κ2) is 9.30. The Morgan fingerprint density at radius 1 is 1.04 bits per heavy atom. The minimum atomic E-state index is -0.262. The molecule has 0 saturated heterocycles. The Hall–Kier alpha value is -2.04. The van der Waals surface area contributed by atoms with Crippen molar-refractivity contribution >= 4 is 17.6 Å². The van der Waals surface area contributed by atoms with Gasteiger partial charge in [-0.1, -0.05) is 38.2 Å². The molecule has 2 rings (SSSR count). The van der Waals surface area contributed by atoms with Crippen LogP contribution in [0.25, 0.3) is 0 Å². The number of nitrogens with one attached hydrogen (secondary N) is 3. The fourth-order valence-corrected chi connectivity index (χ4v) is 3.04. The molecular weight excluding hydrogens is 302 g/mol. The number of hydrogen-bond acceptors (Lipinski definition) is 2. The Morgan fingerprint density at radius 3 is 2.38 bits per heavy atom. The largest absolute Gasteiger partial charge is 0.349 e. The van der Waals surface area contributed by atoms with Gasteiger partial charge in [-0.05, 0) is 44.9 Å². The molecule has 3 N–H and O–H groups in total. The fourth-order valence-electron chi connectivity index (χ4n) is 3.04. The lowest BCUT2D eigenvalue weighted by Crippen LogP contribution is -2.35. The van der Waals surface area contributed by atoms with Crippen LogP contribution in [0.15, 0.2) is 24.3 Å². The van der Waals surface area contributed by atoms with E-state index in [1.54, 1.807) is 24.3 Å². The van der Waals surface area contributed by atoms with Crippen molar-refractivity contribution < 1.29 is 9.59 Å². The first-order valence-electron chi connectivity index (χ1n) is 9.03. The minimum absolute atomic E-state index is 0.0616. The van der Waals surface area contributed by atoms with Crippen LogP contribution in [0.2, 0.25) is 0 Å². The number of benzene rings is 1. The maximum absolute atomic E-state index is 12.5. The van der Waals surface area contributed by atoms with E-state index >= 15 is 0 Å². The lowest BCUT2D eigenvalue weighted by atomic mass is 9.96. The molecule has 0 aliphatic heterocycles. The van der Waals surface area contributed by atoms with E-state index in [0.717, 1.165) is 12.8 Å². The molecule has 1 saturated carbocycles. The molecule has 1 aromatic carbocycles. The number of rotatable bonds is 4. The highest BCUT2D eigenvalue weighted by molar-refractivity contribution is 5.97. The predicted molar refractivity (Wildman–Crippen MR) is 97.3 cm³/mol. The van der Waals surface area contributed by atoms with E-state index in [1.807, 2.05) is 13.8 Å². The third-order valence-electron chi connectivity index (χ3n) is 4.24. The SMILES string of the molecule is CC(C)NC(=O)Nc1cccc(C(=O)NC2CCCCCCC2)c1. The fraction of sp³-hybridized carbons (Fsp3) is 0.579. The molecule has 5 heteroatoms. The molecule has 1 fully saturated rings. The summed E-state index contributed by atoms with van der Waals surface area (Å²) in [6.07, 6.45) is 8.31. The molecule has 0 spiro atoms. The van der Waals surface area contributed by atoms with Crippen molar-refractivity contribution in [1.29, 1.82) is 0 Å². The van der Waals surface area contributed by atoms with Crippen LogP contribution in [0.4, 0.5) is 10.5 Å². The molecule has 0 heterocycles. The van der Waals surface area contributed by atoms with Gasteiger partial charge in [0.2, 0.25) is 0 Å². The summed E-state index contributed by atoms with van der Waals surface area (Å²) < 4.78 is 0. The van der Waals surface area contributed by atoms with Crippen molar-refractivity contribution in [2.75, 3.05) is 5.32 Å². The van der Waals surface area contributed by atoms with Gasteiger partial charge in [0.1, 0.15) is 0 Å². The summed E-state index contributed by atoms with van der Waals surface area (Å²) in [6, 6.07) is 7.14. The molecule has 0 unspecified atom stereocenters. The van der Waals surface area contributed by atoms with Gasteiger partial charge >= 0.3 is 6.03 Å². The molecule has 0 radical (unpaired) electrons. The second-order valence-electron chi connectivity index (χ2n) is 6.85. The average Bonchev–Trinajstić information content (AvgIpc) is 2.49. The summed E-state index contributed by atoms with van der Waals surface area (Å²) in [5.74, 6) is -0.0616. The number of urea groups is 1. The summed E-state index contributed by atoms with van der Waals surface area (Å²) >= 11 is 0. The molecule has 3 amide bonds. The number of anilines is 1. The van der Waals surface area contributed by atoms with Crippen molar-refractivity contribution in [3.63, 3.8) is 0 Å². The van der Waals surface area contributed by atoms with Gasteiger partial charge < -0.3 is 16.0 Å². The highest BCUT2D eigenvalue weighted by Crippen LogP contribution is 2.18. The normalized spacial score (nSPS) is 16.1. The van der Waals surface area contributed by atoms with E-state index in [4.69, 9.17) is 0 Å². The van der Waals surface area contributed by atoms with Gasteiger partial charge in [0.05, 0.1) is 0 Å². The zero-order chi connectivity index (χ0) is 17.4. The molecule has 0 bridgehead atoms. The molecule has 0 aromatic heterocycles. The summed E-state index contributed by atoms with van der Waals surface area (Å²) in [4.78, 5) is 24.3. The van der Waals surface area contributed by atoms with Gasteiger partial charge in [0.15, 0.2) is 0 Å². The summed E-state index contributed by atoms with van der Waals surface area (Å²) in [7, 11) is 0. The maximum atomic E-state index is 12.5. The van der Waals surface area contributed by atoms with Crippen LogP contribution < -0.4 is 16.0 Å². The lowest BCUT2D eigenvalue weighted by Gasteiger charge is -2.21. The summed E-state index contributed by atoms with van der Waals surface area (Å²) in [6.45, 7) is 3.80. The first-order valence-corrected chi connectivity index (χ1v) is 9.03. The quantitative estimate of drug-likeness (QED) is 0.778. The third kappa shape index (κ3) is 6.22. The number of carbonyl (C=O) groups is 2. The second-order valence-corrected chi connectivity index (χ2v) is 6.85. The topological polar surface area (TPSA) is 70.2 Å². The van der Waals surface area contributed by atoms with E-state index < -0.39 is 0 Å². The van der Waals surface area contributed by atoms with Gasteiger partial charge in [-0.25, -0.2) is 4.79 Å². The Labute approximate surface area is 144 Å². The van der Waals surface area contributed by atoms with Gasteiger partial charge in [0, 0.05) is 23.3 Å². The van der Waals surface area contributed by atoms with Gasteiger partial charge in [-0.15, -0.1) is 0 Å². The van der Waals surface area contributed by atoms with Crippen molar-refractivity contribution in [3.8, 4) is 0 Å². The Morgan fingerprint density at radius 2 is 1.71 bits per heavy atom. The summed E-state index contributed by atoms with van der Waals surface area (Å²) in [5.41, 5.74) is 1.21. The van der Waals surface area contributed by atoms with Crippen LogP contribution >= 0.6 is 0 Å². The van der Waals surface area contributed by atoms with E-state index in [1.165, 1.54) is 32.1 Å². The van der Waals surface area contributed by atoms with Crippen molar-refractivity contribution in [3.05, 3.63) is 29.8 Å². The molecule has 24 heavy (non-hydrogen) atoms. The molecule has 1 aliphatic carbocycles. The van der Waals surface area contributed by atoms with E-state index in [-0.39, 0.29) is 24.0 Å². The van der Waals surface area contributed by atoms with Gasteiger partial charge in [0.25, 0.3) is 5.91 Å². The van der Waals surface area contributed by atoms with Crippen molar-refractivity contribution in [1.82, 2.24) is 10.6 Å². The van der Waals surface area contributed by atoms with Crippen LogP contribution in [-0.2, 0) is 0 Å². The highest BCUT2D eigenvalue weighted by Gasteiger charge is 2.15. The summed E-state index contributed by atoms with van der Waals surface area (Å²) in [5, 5.41) is 8.68. The number of amides is 3. The molecule has 1 aliphatic rings. The first kappa shape index (κ1) is 18.3. The smallest absolute Gasteiger partial charge is 0.319 e. The average molecular weight is 331 g/mol. The lowest BCUT2D eigenvalue weighted by molar-refractivity contribution is 0.0930. The monoisotopic (exact) mass is 331 g/mol. The predicted octanol–water partition coefficient (Wildman–Crippen LogP) is 4.06. The van der Waals surface area contributed by atoms with E-state index in [2.05, 4.69) is 16.0 Å². The Bertz CT molecular complexity index is 549. The van der Waals surface area contributed by atoms with Crippen molar-refractivity contribution in [2.24, 2.45) is 0 Å². The van der Waals surface area contributed by atoms with Crippen LogP contribution in [0.3, 0.4) is 0 Å².